The molecular weight excluding hydrogens is 396 g/mol. The van der Waals surface area contributed by atoms with Gasteiger partial charge < -0.3 is 20.1 Å². The van der Waals surface area contributed by atoms with E-state index in [1.54, 1.807) is 11.8 Å². The Morgan fingerprint density at radius 3 is 2.24 bits per heavy atom. The van der Waals surface area contributed by atoms with Crippen molar-refractivity contribution in [3.8, 4) is 0 Å². The number of hydrogen-bond donors (Lipinski definition) is 2. The second kappa shape index (κ2) is 9.87. The highest BCUT2D eigenvalue weighted by Crippen LogP contribution is 2.37. The summed E-state index contributed by atoms with van der Waals surface area (Å²) in [5.74, 6) is -3.71. The first-order chi connectivity index (χ1) is 13.8. The Balaban J connectivity index is 2.39. The molecule has 2 atom stereocenters. The second-order valence-electron chi connectivity index (χ2n) is 7.05. The Morgan fingerprint density at radius 1 is 1.14 bits per heavy atom. The van der Waals surface area contributed by atoms with Crippen LogP contribution < -0.4 is 5.32 Å². The number of hydrogen-bond acceptors (Lipinski definition) is 6. The van der Waals surface area contributed by atoms with Gasteiger partial charge in [-0.05, 0) is 39.2 Å². The molecule has 0 aliphatic heterocycles. The molecular formula is C20H28N2O6S. The molecule has 0 bridgehead atoms. The van der Waals surface area contributed by atoms with Crippen LogP contribution in [-0.4, -0.2) is 54.0 Å². The molecule has 0 radical (unpaired) electrons. The number of carboxylic acid groups (broad SMARTS) is 1. The Labute approximate surface area is 174 Å². The maximum absolute atomic E-state index is 12.9. The molecule has 1 aromatic rings. The molecule has 9 heteroatoms. The number of carboxylic acids is 1. The van der Waals surface area contributed by atoms with E-state index < -0.39 is 29.7 Å². The lowest BCUT2D eigenvalue weighted by Crippen LogP contribution is -2.36. The predicted molar refractivity (Wildman–Crippen MR) is 109 cm³/mol. The van der Waals surface area contributed by atoms with Crippen molar-refractivity contribution in [3.05, 3.63) is 16.0 Å². The van der Waals surface area contributed by atoms with Gasteiger partial charge in [-0.3, -0.25) is 14.4 Å². The van der Waals surface area contributed by atoms with Gasteiger partial charge in [-0.25, -0.2) is 4.79 Å². The van der Waals surface area contributed by atoms with Crippen LogP contribution in [0.15, 0.2) is 0 Å². The minimum atomic E-state index is -0.988. The van der Waals surface area contributed by atoms with Crippen LogP contribution in [0.25, 0.3) is 0 Å². The predicted octanol–water partition coefficient (Wildman–Crippen LogP) is 3.15. The van der Waals surface area contributed by atoms with Crippen LogP contribution in [-0.2, 0) is 14.3 Å². The molecule has 2 amide bonds. The molecule has 0 saturated heterocycles. The Bertz CT molecular complexity index is 799. The van der Waals surface area contributed by atoms with Crippen molar-refractivity contribution in [2.45, 2.75) is 46.5 Å². The number of methoxy groups -OCH3 is 1. The van der Waals surface area contributed by atoms with Gasteiger partial charge in [-0.1, -0.05) is 12.8 Å². The fraction of sp³-hybridized carbons (Fsp3) is 0.600. The molecule has 160 valence electrons. The highest BCUT2D eigenvalue weighted by molar-refractivity contribution is 7.18. The molecule has 1 aromatic heterocycles. The second-order valence-corrected chi connectivity index (χ2v) is 8.07. The number of rotatable bonds is 7. The van der Waals surface area contributed by atoms with Gasteiger partial charge in [0.2, 0.25) is 5.91 Å². The number of carbonyl (C=O) groups is 4. The first kappa shape index (κ1) is 22.9. The number of aliphatic carboxylic acids is 1. The van der Waals surface area contributed by atoms with Crippen molar-refractivity contribution in [2.24, 2.45) is 11.8 Å². The third kappa shape index (κ3) is 4.77. The lowest BCUT2D eigenvalue weighted by molar-refractivity contribution is -0.147. The Hall–Kier alpha value is -2.42. The van der Waals surface area contributed by atoms with E-state index in [2.05, 4.69) is 5.32 Å². The summed E-state index contributed by atoms with van der Waals surface area (Å²) >= 11 is 1.03. The molecule has 1 heterocycles. The molecule has 0 aromatic carbocycles. The summed E-state index contributed by atoms with van der Waals surface area (Å²) in [5, 5.41) is 12.4. The van der Waals surface area contributed by atoms with E-state index in [-0.39, 0.29) is 16.5 Å². The zero-order valence-electron chi connectivity index (χ0n) is 17.2. The maximum atomic E-state index is 12.9. The standard InChI is InChI=1S/C20H28N2O6S/c1-5-22(6-2)18(24)15-11(3)14(20(27)28-4)17(29-15)21-16(23)12-9-7-8-10-13(12)19(25)26/h12-13H,5-10H2,1-4H3,(H,21,23)(H,25,26)/t12-,13+/m1/s1. The van der Waals surface area contributed by atoms with Gasteiger partial charge in [0.1, 0.15) is 5.00 Å². The first-order valence-electron chi connectivity index (χ1n) is 9.81. The van der Waals surface area contributed by atoms with E-state index in [0.717, 1.165) is 24.2 Å². The monoisotopic (exact) mass is 424 g/mol. The smallest absolute Gasteiger partial charge is 0.341 e. The molecule has 1 fully saturated rings. The molecule has 0 unspecified atom stereocenters. The van der Waals surface area contributed by atoms with E-state index in [9.17, 15) is 24.3 Å². The SMILES string of the molecule is CCN(CC)C(=O)c1sc(NC(=O)[C@@H]2CCCC[C@@H]2C(=O)O)c(C(=O)OC)c1C. The summed E-state index contributed by atoms with van der Waals surface area (Å²) in [6, 6.07) is 0. The van der Waals surface area contributed by atoms with E-state index in [0.29, 0.717) is 36.4 Å². The Morgan fingerprint density at radius 2 is 1.72 bits per heavy atom. The molecule has 0 spiro atoms. The molecule has 2 N–H and O–H groups in total. The van der Waals surface area contributed by atoms with Gasteiger partial charge >= 0.3 is 11.9 Å². The van der Waals surface area contributed by atoms with Crippen LogP contribution >= 0.6 is 11.3 Å². The quantitative estimate of drug-likeness (QED) is 0.650. The van der Waals surface area contributed by atoms with Gasteiger partial charge in [0.05, 0.1) is 29.4 Å². The molecule has 1 aliphatic rings. The van der Waals surface area contributed by atoms with Crippen molar-refractivity contribution < 1.29 is 29.0 Å². The highest BCUT2D eigenvalue weighted by atomic mass is 32.1. The summed E-state index contributed by atoms with van der Waals surface area (Å²) in [5.41, 5.74) is 0.594. The maximum Gasteiger partial charge on any atom is 0.341 e. The minimum absolute atomic E-state index is 0.143. The summed E-state index contributed by atoms with van der Waals surface area (Å²) in [4.78, 5) is 51.6. The molecule has 1 aliphatic carbocycles. The molecule has 8 nitrogen and oxygen atoms in total. The number of nitrogens with zero attached hydrogens (tertiary/aromatic N) is 1. The largest absolute Gasteiger partial charge is 0.481 e. The molecule has 2 rings (SSSR count). The van der Waals surface area contributed by atoms with Gasteiger partial charge in [0, 0.05) is 13.1 Å². The first-order valence-corrected chi connectivity index (χ1v) is 10.6. The number of carbonyl (C=O) groups excluding carboxylic acids is 3. The van der Waals surface area contributed by atoms with Crippen LogP contribution in [0.5, 0.6) is 0 Å². The van der Waals surface area contributed by atoms with E-state index in [4.69, 9.17) is 4.74 Å². The number of thiophene rings is 1. The van der Waals surface area contributed by atoms with Crippen molar-refractivity contribution >= 4 is 40.1 Å². The topological polar surface area (TPSA) is 113 Å². The number of ether oxygens (including phenoxy) is 1. The number of anilines is 1. The summed E-state index contributed by atoms with van der Waals surface area (Å²) < 4.78 is 4.85. The third-order valence-corrected chi connectivity index (χ3v) is 6.63. The fourth-order valence-corrected chi connectivity index (χ4v) is 4.92. The lowest BCUT2D eigenvalue weighted by Gasteiger charge is -2.27. The summed E-state index contributed by atoms with van der Waals surface area (Å²) in [7, 11) is 1.23. The van der Waals surface area contributed by atoms with Crippen molar-refractivity contribution in [1.82, 2.24) is 4.90 Å². The minimum Gasteiger partial charge on any atom is -0.481 e. The van der Waals surface area contributed by atoms with Crippen LogP contribution in [0.1, 0.15) is 65.1 Å². The van der Waals surface area contributed by atoms with Crippen LogP contribution in [0, 0.1) is 18.8 Å². The van der Waals surface area contributed by atoms with Crippen LogP contribution in [0.2, 0.25) is 0 Å². The van der Waals surface area contributed by atoms with Gasteiger partial charge in [-0.2, -0.15) is 0 Å². The van der Waals surface area contributed by atoms with E-state index in [1.165, 1.54) is 7.11 Å². The molecule has 29 heavy (non-hydrogen) atoms. The van der Waals surface area contributed by atoms with Crippen molar-refractivity contribution in [2.75, 3.05) is 25.5 Å². The average Bonchev–Trinajstić information content (AvgIpc) is 3.03. The van der Waals surface area contributed by atoms with Gasteiger partial charge in [0.15, 0.2) is 0 Å². The normalized spacial score (nSPS) is 18.8. The lowest BCUT2D eigenvalue weighted by atomic mass is 9.79. The van der Waals surface area contributed by atoms with Crippen LogP contribution in [0.4, 0.5) is 5.00 Å². The average molecular weight is 425 g/mol. The summed E-state index contributed by atoms with van der Waals surface area (Å²) in [6.45, 7) is 6.41. The highest BCUT2D eigenvalue weighted by Gasteiger charge is 2.37. The van der Waals surface area contributed by atoms with Crippen molar-refractivity contribution in [1.29, 1.82) is 0 Å². The zero-order valence-corrected chi connectivity index (χ0v) is 18.1. The summed E-state index contributed by atoms with van der Waals surface area (Å²) in [6.07, 6.45) is 2.48. The van der Waals surface area contributed by atoms with Crippen LogP contribution in [0.3, 0.4) is 0 Å². The zero-order chi connectivity index (χ0) is 21.7. The van der Waals surface area contributed by atoms with Crippen molar-refractivity contribution in [3.63, 3.8) is 0 Å². The Kier molecular flexibility index (Phi) is 7.78. The number of esters is 1. The van der Waals surface area contributed by atoms with Gasteiger partial charge in [0.25, 0.3) is 5.91 Å². The number of amides is 2. The van der Waals surface area contributed by atoms with E-state index >= 15 is 0 Å². The third-order valence-electron chi connectivity index (χ3n) is 5.44. The van der Waals surface area contributed by atoms with E-state index in [1.807, 2.05) is 13.8 Å². The molecule has 1 saturated carbocycles. The fourth-order valence-electron chi connectivity index (χ4n) is 3.75. The number of nitrogens with one attached hydrogen (secondary N) is 1. The van der Waals surface area contributed by atoms with Gasteiger partial charge in [-0.15, -0.1) is 11.3 Å².